The Morgan fingerprint density at radius 3 is 2.40 bits per heavy atom. The molecule has 1 aromatic carbocycles. The van der Waals surface area contributed by atoms with Gasteiger partial charge in [0.25, 0.3) is 10.0 Å². The summed E-state index contributed by atoms with van der Waals surface area (Å²) < 4.78 is 30.3. The summed E-state index contributed by atoms with van der Waals surface area (Å²) in [6, 6.07) is 7.23. The van der Waals surface area contributed by atoms with E-state index in [1.54, 1.807) is 19.1 Å². The highest BCUT2D eigenvalue weighted by Crippen LogP contribution is 2.31. The second-order valence-corrected chi connectivity index (χ2v) is 8.75. The zero-order chi connectivity index (χ0) is 18.4. The first-order chi connectivity index (χ1) is 11.7. The highest BCUT2D eigenvalue weighted by Gasteiger charge is 2.23. The molecule has 0 saturated carbocycles. The van der Waals surface area contributed by atoms with E-state index in [0.29, 0.717) is 11.4 Å². The van der Waals surface area contributed by atoms with Crippen molar-refractivity contribution in [2.45, 2.75) is 32.6 Å². The van der Waals surface area contributed by atoms with Gasteiger partial charge in [0.05, 0.1) is 5.69 Å². The number of sulfonamides is 1. The smallest absolute Gasteiger partial charge is 0.263 e. The van der Waals surface area contributed by atoms with E-state index in [-0.39, 0.29) is 4.90 Å². The van der Waals surface area contributed by atoms with Crippen LogP contribution >= 0.6 is 11.3 Å². The Morgan fingerprint density at radius 1 is 1.08 bits per heavy atom. The molecule has 0 bridgehead atoms. The lowest BCUT2D eigenvalue weighted by atomic mass is 10.1. The van der Waals surface area contributed by atoms with Crippen molar-refractivity contribution in [3.05, 3.63) is 52.2 Å². The molecule has 0 unspecified atom stereocenters. The van der Waals surface area contributed by atoms with Crippen molar-refractivity contribution in [2.75, 3.05) is 4.72 Å². The van der Waals surface area contributed by atoms with Gasteiger partial charge in [0.15, 0.2) is 0 Å². The fraction of sp³-hybridized carbons (Fsp3) is 0.278. The number of hydrogen-bond acceptors (Lipinski definition) is 4. The summed E-state index contributed by atoms with van der Waals surface area (Å²) in [7, 11) is -1.81. The molecule has 0 saturated heterocycles. The molecule has 25 heavy (non-hydrogen) atoms. The monoisotopic (exact) mass is 375 g/mol. The van der Waals surface area contributed by atoms with E-state index in [9.17, 15) is 8.42 Å². The van der Waals surface area contributed by atoms with Gasteiger partial charge in [0, 0.05) is 29.5 Å². The van der Waals surface area contributed by atoms with E-state index in [4.69, 9.17) is 0 Å². The summed E-state index contributed by atoms with van der Waals surface area (Å²) in [5, 5.41) is 2.77. The van der Waals surface area contributed by atoms with Crippen LogP contribution in [0.5, 0.6) is 0 Å². The number of nitrogens with one attached hydrogen (secondary N) is 1. The molecule has 0 radical (unpaired) electrons. The molecule has 3 aromatic rings. The Balaban J connectivity index is 2.01. The van der Waals surface area contributed by atoms with Gasteiger partial charge in [0.1, 0.15) is 9.90 Å². The van der Waals surface area contributed by atoms with Crippen LogP contribution in [0, 0.1) is 27.7 Å². The molecule has 2 aromatic heterocycles. The van der Waals surface area contributed by atoms with E-state index in [0.717, 1.165) is 27.5 Å². The van der Waals surface area contributed by atoms with Crippen molar-refractivity contribution in [1.29, 1.82) is 0 Å². The molecule has 0 aliphatic rings. The SMILES string of the molecule is Cc1csc(-c2cc(S(=O)(=O)Nc3ccc(C)c(C)c3)c(C)n2C)n1. The Morgan fingerprint density at radius 2 is 1.80 bits per heavy atom. The van der Waals surface area contributed by atoms with Crippen LogP contribution in [-0.2, 0) is 17.1 Å². The maximum absolute atomic E-state index is 12.9. The molecule has 0 aliphatic heterocycles. The zero-order valence-electron chi connectivity index (χ0n) is 14.9. The summed E-state index contributed by atoms with van der Waals surface area (Å²) in [6.45, 7) is 7.69. The number of rotatable bonds is 4. The van der Waals surface area contributed by atoms with Crippen LogP contribution in [0.1, 0.15) is 22.5 Å². The molecular formula is C18H21N3O2S2. The Labute approximate surface area is 152 Å². The first-order valence-corrected chi connectivity index (χ1v) is 10.2. The van der Waals surface area contributed by atoms with Crippen molar-refractivity contribution in [3.63, 3.8) is 0 Å². The Bertz CT molecular complexity index is 1050. The van der Waals surface area contributed by atoms with Crippen molar-refractivity contribution in [1.82, 2.24) is 9.55 Å². The van der Waals surface area contributed by atoms with Gasteiger partial charge in [-0.3, -0.25) is 4.72 Å². The molecule has 0 spiro atoms. The topological polar surface area (TPSA) is 64.0 Å². The van der Waals surface area contributed by atoms with Crippen LogP contribution < -0.4 is 4.72 Å². The van der Waals surface area contributed by atoms with Gasteiger partial charge in [-0.15, -0.1) is 11.3 Å². The second kappa shape index (κ2) is 6.31. The lowest BCUT2D eigenvalue weighted by Gasteiger charge is -2.10. The van der Waals surface area contributed by atoms with Crippen LogP contribution in [-0.4, -0.2) is 18.0 Å². The molecule has 5 nitrogen and oxygen atoms in total. The fourth-order valence-electron chi connectivity index (χ4n) is 2.64. The number of benzene rings is 1. The van der Waals surface area contributed by atoms with E-state index >= 15 is 0 Å². The molecule has 0 amide bonds. The molecule has 132 valence electrons. The molecule has 0 aliphatic carbocycles. The normalized spacial score (nSPS) is 11.7. The van der Waals surface area contributed by atoms with E-state index in [2.05, 4.69) is 9.71 Å². The summed E-state index contributed by atoms with van der Waals surface area (Å²) in [4.78, 5) is 4.74. The van der Waals surface area contributed by atoms with Gasteiger partial charge < -0.3 is 4.57 Å². The standard InChI is InChI=1S/C18H21N3O2S2/c1-11-6-7-15(8-12(11)2)20-25(22,23)17-9-16(21(5)14(17)4)18-19-13(3)10-24-18/h6-10,20H,1-5H3. The van der Waals surface area contributed by atoms with Gasteiger partial charge in [0.2, 0.25) is 0 Å². The summed E-state index contributed by atoms with van der Waals surface area (Å²) in [5.74, 6) is 0. The second-order valence-electron chi connectivity index (χ2n) is 6.24. The first-order valence-electron chi connectivity index (χ1n) is 7.88. The van der Waals surface area contributed by atoms with Crippen molar-refractivity contribution >= 4 is 27.0 Å². The zero-order valence-corrected chi connectivity index (χ0v) is 16.5. The number of thiazole rings is 1. The highest BCUT2D eigenvalue weighted by molar-refractivity contribution is 7.92. The van der Waals surface area contributed by atoms with Crippen LogP contribution in [0.2, 0.25) is 0 Å². The predicted octanol–water partition coefficient (Wildman–Crippen LogP) is 4.18. The third-order valence-electron chi connectivity index (χ3n) is 4.38. The molecule has 7 heteroatoms. The van der Waals surface area contributed by atoms with Gasteiger partial charge >= 0.3 is 0 Å². The summed E-state index contributed by atoms with van der Waals surface area (Å²) in [5.41, 5.74) is 5.15. The number of hydrogen-bond donors (Lipinski definition) is 1. The van der Waals surface area contributed by atoms with Crippen LogP contribution in [0.15, 0.2) is 34.5 Å². The van der Waals surface area contributed by atoms with Crippen LogP contribution in [0.4, 0.5) is 5.69 Å². The molecule has 3 rings (SSSR count). The first kappa shape index (κ1) is 17.7. The summed E-state index contributed by atoms with van der Waals surface area (Å²) >= 11 is 1.51. The maximum atomic E-state index is 12.9. The third kappa shape index (κ3) is 3.34. The van der Waals surface area contributed by atoms with E-state index in [1.165, 1.54) is 11.3 Å². The molecule has 0 fully saturated rings. The highest BCUT2D eigenvalue weighted by atomic mass is 32.2. The van der Waals surface area contributed by atoms with Crippen molar-refractivity contribution in [3.8, 4) is 10.7 Å². The van der Waals surface area contributed by atoms with Gasteiger partial charge in [-0.25, -0.2) is 13.4 Å². The Kier molecular flexibility index (Phi) is 4.47. The minimum Gasteiger partial charge on any atom is -0.345 e. The van der Waals surface area contributed by atoms with Gasteiger partial charge in [-0.05, 0) is 57.0 Å². The predicted molar refractivity (Wildman–Crippen MR) is 103 cm³/mol. The van der Waals surface area contributed by atoms with Gasteiger partial charge in [-0.2, -0.15) is 0 Å². The molecule has 2 heterocycles. The average molecular weight is 376 g/mol. The number of aryl methyl sites for hydroxylation is 3. The van der Waals surface area contributed by atoms with Crippen LogP contribution in [0.3, 0.4) is 0 Å². The third-order valence-corrected chi connectivity index (χ3v) is 6.86. The van der Waals surface area contributed by atoms with E-state index in [1.807, 2.05) is 49.9 Å². The molecular weight excluding hydrogens is 354 g/mol. The Hall–Kier alpha value is -2.12. The quantitative estimate of drug-likeness (QED) is 0.744. The van der Waals surface area contributed by atoms with Gasteiger partial charge in [-0.1, -0.05) is 6.07 Å². The largest absolute Gasteiger partial charge is 0.345 e. The average Bonchev–Trinajstić information content (AvgIpc) is 3.08. The van der Waals surface area contributed by atoms with Crippen molar-refractivity contribution in [2.24, 2.45) is 7.05 Å². The maximum Gasteiger partial charge on any atom is 0.263 e. The lowest BCUT2D eigenvalue weighted by Crippen LogP contribution is -2.14. The molecule has 0 atom stereocenters. The number of anilines is 1. The molecule has 1 N–H and O–H groups in total. The van der Waals surface area contributed by atoms with E-state index < -0.39 is 10.0 Å². The van der Waals surface area contributed by atoms with Crippen LogP contribution in [0.25, 0.3) is 10.7 Å². The summed E-state index contributed by atoms with van der Waals surface area (Å²) in [6.07, 6.45) is 0. The van der Waals surface area contributed by atoms with Crippen molar-refractivity contribution < 1.29 is 8.42 Å². The lowest BCUT2D eigenvalue weighted by molar-refractivity contribution is 0.600. The number of nitrogens with zero attached hydrogens (tertiary/aromatic N) is 2. The fourth-order valence-corrected chi connectivity index (χ4v) is 4.82. The minimum absolute atomic E-state index is 0.274. The minimum atomic E-state index is -3.67. The number of aromatic nitrogens is 2.